The monoisotopic (exact) mass is 579 g/mol. The summed E-state index contributed by atoms with van der Waals surface area (Å²) in [5.41, 5.74) is 6.59. The quantitative estimate of drug-likeness (QED) is 0.0898. The Bertz CT molecular complexity index is 1230. The van der Waals surface area contributed by atoms with E-state index in [2.05, 4.69) is 22.5 Å². The number of nitrogen functional groups attached to an aromatic ring is 1. The molecule has 3 aliphatic heterocycles. The zero-order valence-corrected chi connectivity index (χ0v) is 22.3. The maximum absolute atomic E-state index is 12.9. The minimum absolute atomic E-state index is 0.0496. The number of amides is 2. The largest absolute Gasteiger partial charge is 0.477 e. The number of nitrogens with one attached hydrogen (secondary N) is 1. The number of aliphatic carboxylic acids is 1. The third-order valence-electron chi connectivity index (χ3n) is 5.92. The van der Waals surface area contributed by atoms with Crippen LogP contribution in [-0.4, -0.2) is 111 Å². The number of likely N-dealkylation sites (tertiary alicyclic amines) is 1. The van der Waals surface area contributed by atoms with Crippen LogP contribution >= 0.6 is 23.1 Å². The lowest BCUT2D eigenvalue weighted by Crippen LogP contribution is -2.71. The fourth-order valence-corrected chi connectivity index (χ4v) is 6.31. The fourth-order valence-electron chi connectivity index (χ4n) is 4.42. The Morgan fingerprint density at radius 3 is 2.49 bits per heavy atom. The maximum Gasteiger partial charge on any atom is 0.394 e. The van der Waals surface area contributed by atoms with Crippen LogP contribution in [0.4, 0.5) is 5.13 Å². The first-order chi connectivity index (χ1) is 17.2. The number of hydrogen-bond donors (Lipinski definition) is 5. The van der Waals surface area contributed by atoms with Gasteiger partial charge in [-0.1, -0.05) is 5.16 Å². The number of nitrogens with zero attached hydrogens (tertiary/aromatic N) is 4. The fraction of sp³-hybridized carbons (Fsp3) is 0.526. The van der Waals surface area contributed by atoms with E-state index in [9.17, 15) is 19.5 Å². The highest BCUT2D eigenvalue weighted by Gasteiger charge is 2.55. The van der Waals surface area contributed by atoms with Crippen LogP contribution < -0.4 is 11.1 Å². The molecule has 0 radical (unpaired) electrons. The number of quaternary nitrogens is 1. The first kappa shape index (κ1) is 28.8. The number of nitrogens with two attached hydrogens (primary N) is 1. The van der Waals surface area contributed by atoms with E-state index >= 15 is 0 Å². The van der Waals surface area contributed by atoms with Crippen molar-refractivity contribution >= 4 is 62.1 Å². The highest BCUT2D eigenvalue weighted by molar-refractivity contribution is 8.00. The second-order valence-electron chi connectivity index (χ2n) is 8.69. The molecule has 1 aromatic heterocycles. The number of anilines is 1. The summed E-state index contributed by atoms with van der Waals surface area (Å²) >= 11 is 2.61. The predicted molar refractivity (Wildman–Crippen MR) is 134 cm³/mol. The zero-order chi connectivity index (χ0) is 27.5. The van der Waals surface area contributed by atoms with Crippen LogP contribution in [0, 0.1) is 0 Å². The Hall–Kier alpha value is -2.77. The second kappa shape index (κ2) is 11.3. The third-order valence-corrected chi connectivity index (χ3v) is 7.93. The Labute approximate surface area is 220 Å². The standard InChI is InChI=1S/C19H24N6O5S2.H2O4S/c1-25(5-3-4-6-25)7-10-8-31-17-13(16(27)24(17)14(10)18(28)29)22-15(26)12(23-30-2)11-9-32-19(20)21-11;1-5(2,3)4/h9,13,17H,3-8H2,1-2H3,(H3-,20,21,22,26,28,29);(H2,1,2,3,4)/p+1/b23-12-;/t13-,17-;/m1./s1. The van der Waals surface area contributed by atoms with Gasteiger partial charge in [0.25, 0.3) is 11.8 Å². The summed E-state index contributed by atoms with van der Waals surface area (Å²) < 4.78 is 32.4. The molecule has 2 atom stereocenters. The molecule has 3 aliphatic rings. The van der Waals surface area contributed by atoms with Crippen molar-refractivity contribution in [3.8, 4) is 0 Å². The first-order valence-electron chi connectivity index (χ1n) is 10.8. The lowest BCUT2D eigenvalue weighted by atomic mass is 10.0. The van der Waals surface area contributed by atoms with Crippen molar-refractivity contribution in [3.05, 3.63) is 22.3 Å². The molecule has 0 aromatic carbocycles. The van der Waals surface area contributed by atoms with Gasteiger partial charge < -0.3 is 25.5 Å². The molecule has 0 spiro atoms. The van der Waals surface area contributed by atoms with E-state index in [0.29, 0.717) is 12.3 Å². The molecule has 1 aromatic rings. The molecule has 0 unspecified atom stereocenters. The van der Waals surface area contributed by atoms with Crippen LogP contribution in [0.2, 0.25) is 0 Å². The van der Waals surface area contributed by atoms with Gasteiger partial charge in [0.1, 0.15) is 36.5 Å². The number of carbonyl (C=O) groups is 3. The van der Waals surface area contributed by atoms with E-state index in [1.807, 2.05) is 0 Å². The van der Waals surface area contributed by atoms with E-state index in [4.69, 9.17) is 28.1 Å². The Morgan fingerprint density at radius 1 is 1.35 bits per heavy atom. The number of carboxylic acid groups (broad SMARTS) is 1. The van der Waals surface area contributed by atoms with Crippen molar-refractivity contribution in [1.29, 1.82) is 0 Å². The number of β-lactam (4-membered cyclic amide) rings is 1. The molecule has 4 rings (SSSR count). The predicted octanol–water partition coefficient (Wildman–Crippen LogP) is -0.598. The molecule has 0 bridgehead atoms. The van der Waals surface area contributed by atoms with Crippen molar-refractivity contribution in [3.63, 3.8) is 0 Å². The maximum atomic E-state index is 12.9. The molecule has 37 heavy (non-hydrogen) atoms. The average Bonchev–Trinajstić information content (AvgIpc) is 3.42. The van der Waals surface area contributed by atoms with Crippen molar-refractivity contribution in [1.82, 2.24) is 15.2 Å². The SMILES string of the molecule is CO/N=C(\C(=O)N[C@@H]1C(=O)N2C(C(=O)O)=C(C[N+]3(C)CCCC3)CS[C@H]12)c1csc(N)n1.O=S(=O)(O)O. The Morgan fingerprint density at radius 2 is 1.97 bits per heavy atom. The third kappa shape index (κ3) is 6.96. The van der Waals surface area contributed by atoms with Gasteiger partial charge in [0.05, 0.1) is 20.1 Å². The summed E-state index contributed by atoms with van der Waals surface area (Å²) in [5, 5.41) is 17.6. The number of likely N-dealkylation sites (N-methyl/N-ethyl adjacent to an activating group) is 1. The molecule has 204 valence electrons. The highest BCUT2D eigenvalue weighted by atomic mass is 32.3. The van der Waals surface area contributed by atoms with E-state index in [-0.39, 0.29) is 22.2 Å². The number of thiazole rings is 1. The van der Waals surface area contributed by atoms with Crippen LogP contribution in [0.3, 0.4) is 0 Å². The number of carbonyl (C=O) groups excluding carboxylic acids is 2. The van der Waals surface area contributed by atoms with E-state index < -0.39 is 39.6 Å². The summed E-state index contributed by atoms with van der Waals surface area (Å²) in [7, 11) is -1.25. The number of oxime groups is 1. The van der Waals surface area contributed by atoms with E-state index in [1.165, 1.54) is 23.8 Å². The average molecular weight is 580 g/mol. The van der Waals surface area contributed by atoms with Gasteiger partial charge in [-0.25, -0.2) is 9.78 Å². The van der Waals surface area contributed by atoms with Crippen LogP contribution in [0.15, 0.2) is 21.8 Å². The molecule has 2 saturated heterocycles. The molecule has 18 heteroatoms. The molecular formula is C19H27N6O9S3+. The molecule has 15 nitrogen and oxygen atoms in total. The molecule has 4 heterocycles. The van der Waals surface area contributed by atoms with Gasteiger partial charge in [0.15, 0.2) is 10.8 Å². The summed E-state index contributed by atoms with van der Waals surface area (Å²) in [5.74, 6) is -1.71. The van der Waals surface area contributed by atoms with Gasteiger partial charge in [-0.2, -0.15) is 8.42 Å². The van der Waals surface area contributed by atoms with E-state index in [0.717, 1.165) is 47.3 Å². The van der Waals surface area contributed by atoms with Crippen molar-refractivity contribution in [2.75, 3.05) is 45.3 Å². The van der Waals surface area contributed by atoms with Crippen LogP contribution in [0.25, 0.3) is 0 Å². The van der Waals surface area contributed by atoms with Crippen molar-refractivity contribution < 1.29 is 46.3 Å². The molecule has 2 fully saturated rings. The minimum Gasteiger partial charge on any atom is -0.477 e. The van der Waals surface area contributed by atoms with Gasteiger partial charge in [0, 0.05) is 29.5 Å². The number of carboxylic acids is 1. The molecule has 0 saturated carbocycles. The van der Waals surface area contributed by atoms with E-state index in [1.54, 1.807) is 5.38 Å². The number of fused-ring (bicyclic) bond motifs is 1. The van der Waals surface area contributed by atoms with Crippen molar-refractivity contribution in [2.24, 2.45) is 5.16 Å². The lowest BCUT2D eigenvalue weighted by Gasteiger charge is -2.49. The topological polar surface area (TPSA) is 222 Å². The van der Waals surface area contributed by atoms with Crippen LogP contribution in [0.1, 0.15) is 18.5 Å². The van der Waals surface area contributed by atoms with Gasteiger partial charge >= 0.3 is 16.4 Å². The first-order valence-corrected chi connectivity index (χ1v) is 14.1. The van der Waals surface area contributed by atoms with Crippen molar-refractivity contribution in [2.45, 2.75) is 24.3 Å². The highest BCUT2D eigenvalue weighted by Crippen LogP contribution is 2.41. The number of thioether (sulfide) groups is 1. The number of rotatable bonds is 7. The zero-order valence-electron chi connectivity index (χ0n) is 19.9. The van der Waals surface area contributed by atoms with Gasteiger partial charge in [-0.15, -0.1) is 23.1 Å². The molecule has 6 N–H and O–H groups in total. The van der Waals surface area contributed by atoms with Crippen LogP contribution in [0.5, 0.6) is 0 Å². The summed E-state index contributed by atoms with van der Waals surface area (Å²) in [6.45, 7) is 2.61. The number of aromatic nitrogens is 1. The molecule has 2 amide bonds. The minimum atomic E-state index is -4.67. The van der Waals surface area contributed by atoms with Gasteiger partial charge in [-0.05, 0) is 0 Å². The van der Waals surface area contributed by atoms with Gasteiger partial charge in [0.2, 0.25) is 0 Å². The summed E-state index contributed by atoms with van der Waals surface area (Å²) in [6, 6.07) is -0.863. The Balaban J connectivity index is 0.000000695. The smallest absolute Gasteiger partial charge is 0.394 e. The Kier molecular flexibility index (Phi) is 8.81. The van der Waals surface area contributed by atoms with Gasteiger partial charge in [-0.3, -0.25) is 23.6 Å². The normalized spacial score (nSPS) is 23.0. The summed E-state index contributed by atoms with van der Waals surface area (Å²) in [6.07, 6.45) is 2.24. The molecule has 0 aliphatic carbocycles. The lowest BCUT2D eigenvalue weighted by molar-refractivity contribution is -0.893. The summed E-state index contributed by atoms with van der Waals surface area (Å²) in [4.78, 5) is 47.9. The second-order valence-corrected chi connectivity index (χ2v) is 11.6. The molecular weight excluding hydrogens is 552 g/mol. The van der Waals surface area contributed by atoms with Crippen LogP contribution in [-0.2, 0) is 29.6 Å². The number of hydrogen-bond acceptors (Lipinski definition) is 11.